The zero-order chi connectivity index (χ0) is 28.9. The fourth-order valence-electron chi connectivity index (χ4n) is 4.76. The van der Waals surface area contributed by atoms with Crippen LogP contribution < -0.4 is 16.2 Å². The average molecular weight is 563 g/mol. The maximum atomic E-state index is 13.8. The van der Waals surface area contributed by atoms with E-state index in [1.807, 2.05) is 75.4 Å². The van der Waals surface area contributed by atoms with Crippen LogP contribution in [-0.2, 0) is 22.6 Å². The van der Waals surface area contributed by atoms with E-state index in [1.54, 1.807) is 0 Å². The summed E-state index contributed by atoms with van der Waals surface area (Å²) in [6.45, 7) is 6.08. The molecule has 2 heterocycles. The number of carbonyl (C=O) groups is 3. The molecule has 4 rings (SSSR count). The molecule has 3 amide bonds. The predicted octanol–water partition coefficient (Wildman–Crippen LogP) is 2.38. The number of benzene rings is 2. The third kappa shape index (κ3) is 6.81. The van der Waals surface area contributed by atoms with Crippen molar-refractivity contribution >= 4 is 29.5 Å². The summed E-state index contributed by atoms with van der Waals surface area (Å²) < 4.78 is -0.598. The second-order valence-corrected chi connectivity index (χ2v) is 12.0. The fourth-order valence-corrected chi connectivity index (χ4v) is 5.90. The molecule has 3 aromatic rings. The first-order valence-electron chi connectivity index (χ1n) is 13.0. The van der Waals surface area contributed by atoms with Gasteiger partial charge in [0.25, 0.3) is 11.8 Å². The largest absolute Gasteiger partial charge is 0.381 e. The number of carbonyl (C=O) groups excluding carboxylic acids is 3. The number of nitrogens with one attached hydrogen (secondary N) is 3. The van der Waals surface area contributed by atoms with Crippen LogP contribution in [0.3, 0.4) is 0 Å². The molecule has 3 unspecified atom stereocenters. The molecule has 0 bridgehead atoms. The van der Waals surface area contributed by atoms with E-state index in [4.69, 9.17) is 0 Å². The van der Waals surface area contributed by atoms with Gasteiger partial charge in [-0.1, -0.05) is 54.6 Å². The lowest BCUT2D eigenvalue weighted by Gasteiger charge is -2.33. The normalized spacial score (nSPS) is 17.6. The number of rotatable bonds is 9. The monoisotopic (exact) mass is 562 g/mol. The van der Waals surface area contributed by atoms with Crippen molar-refractivity contribution in [2.75, 3.05) is 5.88 Å². The second kappa shape index (κ2) is 12.5. The van der Waals surface area contributed by atoms with Gasteiger partial charge in [-0.2, -0.15) is 0 Å². The van der Waals surface area contributed by atoms with Gasteiger partial charge >= 0.3 is 0 Å². The minimum absolute atomic E-state index is 0.178. The van der Waals surface area contributed by atoms with Crippen LogP contribution in [-0.4, -0.2) is 61.5 Å². The summed E-state index contributed by atoms with van der Waals surface area (Å²) in [6, 6.07) is 17.7. The lowest BCUT2D eigenvalue weighted by molar-refractivity contribution is -0.147. The summed E-state index contributed by atoms with van der Waals surface area (Å²) in [5.74, 6) is -1.28. The van der Waals surface area contributed by atoms with E-state index in [9.17, 15) is 24.3 Å². The molecule has 0 spiro atoms. The Kier molecular flexibility index (Phi) is 9.11. The van der Waals surface area contributed by atoms with Crippen molar-refractivity contribution in [3.63, 3.8) is 0 Å². The van der Waals surface area contributed by atoms with Crippen LogP contribution in [0.15, 0.2) is 77.7 Å². The molecule has 10 heteroatoms. The van der Waals surface area contributed by atoms with E-state index in [0.29, 0.717) is 6.54 Å². The van der Waals surface area contributed by atoms with E-state index in [2.05, 4.69) is 15.6 Å². The van der Waals surface area contributed by atoms with Gasteiger partial charge in [-0.25, -0.2) is 0 Å². The predicted molar refractivity (Wildman–Crippen MR) is 155 cm³/mol. The number of aryl methyl sites for hydroxylation is 1. The molecule has 9 nitrogen and oxygen atoms in total. The number of aromatic nitrogens is 1. The van der Waals surface area contributed by atoms with Crippen LogP contribution in [0.25, 0.3) is 0 Å². The molecule has 0 saturated carbocycles. The van der Waals surface area contributed by atoms with Crippen molar-refractivity contribution in [1.29, 1.82) is 0 Å². The van der Waals surface area contributed by atoms with Crippen LogP contribution in [0.5, 0.6) is 0 Å². The van der Waals surface area contributed by atoms with Crippen molar-refractivity contribution in [1.82, 2.24) is 20.5 Å². The van der Waals surface area contributed by atoms with Gasteiger partial charge in [0.15, 0.2) is 6.10 Å². The van der Waals surface area contributed by atoms with E-state index in [0.717, 1.165) is 16.7 Å². The zero-order valence-electron chi connectivity index (χ0n) is 22.7. The number of amides is 3. The minimum Gasteiger partial charge on any atom is -0.381 e. The maximum Gasteiger partial charge on any atom is 0.254 e. The molecule has 3 atom stereocenters. The molecule has 0 radical (unpaired) electrons. The summed E-state index contributed by atoms with van der Waals surface area (Å²) in [7, 11) is 0. The lowest BCUT2D eigenvalue weighted by atomic mass is 9.97. The zero-order valence-corrected chi connectivity index (χ0v) is 23.5. The third-order valence-electron chi connectivity index (χ3n) is 7.09. The average Bonchev–Trinajstić information content (AvgIpc) is 3.27. The Labute approximate surface area is 237 Å². The number of hydrogen-bond donors (Lipinski definition) is 4. The Morgan fingerprint density at radius 3 is 2.45 bits per heavy atom. The summed E-state index contributed by atoms with van der Waals surface area (Å²) in [5.41, 5.74) is 2.67. The van der Waals surface area contributed by atoms with Gasteiger partial charge in [-0.15, -0.1) is 11.8 Å². The smallest absolute Gasteiger partial charge is 0.254 e. The van der Waals surface area contributed by atoms with Crippen LogP contribution in [0.2, 0.25) is 0 Å². The van der Waals surface area contributed by atoms with Gasteiger partial charge < -0.3 is 25.6 Å². The van der Waals surface area contributed by atoms with Crippen molar-refractivity contribution < 1.29 is 19.5 Å². The molecule has 40 heavy (non-hydrogen) atoms. The van der Waals surface area contributed by atoms with Crippen molar-refractivity contribution in [2.45, 2.75) is 56.7 Å². The first-order chi connectivity index (χ1) is 19.1. The standard InChI is InChI=1S/C30H34N4O5S/c1-19-9-7-8-12-21(19)16-32-28(38)26-30(2,3)40-18-34(26)29(39)25(36)23(15-20-10-5-4-6-11-20)33-27(37)22-13-14-24(35)31-17-22/h4-14,17,23,25-26,36H,15-16,18H2,1-3H3,(H,31,35)(H,32,38)(H,33,37). The number of aromatic amines is 1. The summed E-state index contributed by atoms with van der Waals surface area (Å²) in [6.07, 6.45) is -0.162. The molecule has 1 saturated heterocycles. The van der Waals surface area contributed by atoms with Crippen LogP contribution in [0, 0.1) is 6.92 Å². The molecule has 2 aromatic carbocycles. The van der Waals surface area contributed by atoms with Crippen LogP contribution in [0.4, 0.5) is 0 Å². The number of H-pyrrole nitrogens is 1. The Bertz CT molecular complexity index is 1400. The number of thioether (sulfide) groups is 1. The van der Waals surface area contributed by atoms with Gasteiger partial charge in [0, 0.05) is 23.6 Å². The minimum atomic E-state index is -1.62. The summed E-state index contributed by atoms with van der Waals surface area (Å²) in [4.78, 5) is 55.5. The molecular formula is C30H34N4O5S. The Balaban J connectivity index is 1.54. The molecule has 210 valence electrons. The molecule has 1 aliphatic rings. The lowest BCUT2D eigenvalue weighted by Crippen LogP contribution is -2.58. The van der Waals surface area contributed by atoms with E-state index >= 15 is 0 Å². The quantitative estimate of drug-likeness (QED) is 0.317. The van der Waals surface area contributed by atoms with Gasteiger partial charge in [-0.3, -0.25) is 19.2 Å². The number of nitrogens with zero attached hydrogens (tertiary/aromatic N) is 1. The third-order valence-corrected chi connectivity index (χ3v) is 8.46. The van der Waals surface area contributed by atoms with Crippen molar-refractivity contribution in [3.05, 3.63) is 106 Å². The molecule has 0 aliphatic carbocycles. The van der Waals surface area contributed by atoms with Crippen LogP contribution >= 0.6 is 11.8 Å². The Morgan fingerprint density at radius 1 is 1.07 bits per heavy atom. The second-order valence-electron chi connectivity index (χ2n) is 10.4. The highest BCUT2D eigenvalue weighted by molar-refractivity contribution is 8.00. The summed E-state index contributed by atoms with van der Waals surface area (Å²) >= 11 is 1.45. The van der Waals surface area contributed by atoms with Crippen molar-refractivity contribution in [3.8, 4) is 0 Å². The van der Waals surface area contributed by atoms with E-state index < -0.39 is 34.7 Å². The van der Waals surface area contributed by atoms with E-state index in [-0.39, 0.29) is 29.3 Å². The molecule has 1 aliphatic heterocycles. The maximum absolute atomic E-state index is 13.8. The highest BCUT2D eigenvalue weighted by Crippen LogP contribution is 2.40. The molecule has 1 fully saturated rings. The van der Waals surface area contributed by atoms with Gasteiger partial charge in [0.05, 0.1) is 17.5 Å². The number of aliphatic hydroxyl groups excluding tert-OH is 1. The van der Waals surface area contributed by atoms with Crippen molar-refractivity contribution in [2.24, 2.45) is 0 Å². The molecular weight excluding hydrogens is 528 g/mol. The Hall–Kier alpha value is -3.89. The van der Waals surface area contributed by atoms with Gasteiger partial charge in [0.2, 0.25) is 11.5 Å². The highest BCUT2D eigenvalue weighted by Gasteiger charge is 2.49. The fraction of sp³-hybridized carbons (Fsp3) is 0.333. The number of pyridine rings is 1. The number of aliphatic hydroxyl groups is 1. The topological polar surface area (TPSA) is 132 Å². The molecule has 4 N–H and O–H groups in total. The summed E-state index contributed by atoms with van der Waals surface area (Å²) in [5, 5.41) is 17.1. The van der Waals surface area contributed by atoms with Gasteiger partial charge in [0.1, 0.15) is 6.04 Å². The van der Waals surface area contributed by atoms with Gasteiger partial charge in [-0.05, 0) is 49.9 Å². The van der Waals surface area contributed by atoms with Crippen LogP contribution in [0.1, 0.15) is 40.9 Å². The first-order valence-corrected chi connectivity index (χ1v) is 14.0. The molecule has 1 aromatic heterocycles. The first kappa shape index (κ1) is 29.1. The highest BCUT2D eigenvalue weighted by atomic mass is 32.2. The van der Waals surface area contributed by atoms with E-state index in [1.165, 1.54) is 35.0 Å². The number of hydrogen-bond acceptors (Lipinski definition) is 6. The SMILES string of the molecule is Cc1ccccc1CNC(=O)C1N(C(=O)C(O)C(Cc2ccccc2)NC(=O)c2ccc(=O)[nH]c2)CSC1(C)C. The Morgan fingerprint density at radius 2 is 1.77 bits per heavy atom.